The molecule has 31 heavy (non-hydrogen) atoms. The van der Waals surface area contributed by atoms with Gasteiger partial charge in [-0.15, -0.1) is 0 Å². The van der Waals surface area contributed by atoms with Gasteiger partial charge >= 0.3 is 0 Å². The maximum Gasteiger partial charge on any atom is 0.280 e. The molecule has 1 saturated carbocycles. The second-order valence-electron chi connectivity index (χ2n) is 7.91. The van der Waals surface area contributed by atoms with Crippen molar-refractivity contribution in [3.8, 4) is 5.75 Å². The Morgan fingerprint density at radius 3 is 2.61 bits per heavy atom. The van der Waals surface area contributed by atoms with Gasteiger partial charge in [-0.2, -0.15) is 5.10 Å². The van der Waals surface area contributed by atoms with Gasteiger partial charge in [0.1, 0.15) is 17.7 Å². The maximum absolute atomic E-state index is 11.6. The standard InChI is InChI=1S/C24H22N4O3/c1-16-22(31-15-17-6-3-2-4-7-17)13-12-19(25-16)14-27-20-8-5-9-21(28(29)30)23(20)24(26-27)18-10-11-18/h2-9,12-13,18H,10-11,14-15H2,1H3. The number of fused-ring (bicyclic) bond motifs is 1. The number of aromatic nitrogens is 3. The summed E-state index contributed by atoms with van der Waals surface area (Å²) in [5.74, 6) is 1.06. The number of ether oxygens (including phenoxy) is 1. The number of pyridine rings is 1. The smallest absolute Gasteiger partial charge is 0.280 e. The number of nitro benzene ring substituents is 1. The van der Waals surface area contributed by atoms with Crippen molar-refractivity contribution in [2.75, 3.05) is 0 Å². The summed E-state index contributed by atoms with van der Waals surface area (Å²) in [4.78, 5) is 15.9. The molecule has 5 rings (SSSR count). The Morgan fingerprint density at radius 2 is 1.90 bits per heavy atom. The summed E-state index contributed by atoms with van der Waals surface area (Å²) in [5, 5.41) is 17.0. The van der Waals surface area contributed by atoms with Crippen LogP contribution in [0.3, 0.4) is 0 Å². The van der Waals surface area contributed by atoms with E-state index >= 15 is 0 Å². The van der Waals surface area contributed by atoms with Crippen molar-refractivity contribution >= 4 is 16.6 Å². The second kappa shape index (κ2) is 7.83. The Labute approximate surface area is 179 Å². The van der Waals surface area contributed by atoms with Crippen LogP contribution in [0.25, 0.3) is 10.9 Å². The van der Waals surface area contributed by atoms with Crippen LogP contribution in [0.15, 0.2) is 60.7 Å². The number of rotatable bonds is 7. The van der Waals surface area contributed by atoms with Gasteiger partial charge < -0.3 is 4.74 Å². The van der Waals surface area contributed by atoms with E-state index in [-0.39, 0.29) is 10.6 Å². The van der Waals surface area contributed by atoms with E-state index in [1.807, 2.05) is 60.1 Å². The predicted molar refractivity (Wildman–Crippen MR) is 117 cm³/mol. The molecule has 2 heterocycles. The molecule has 0 amide bonds. The molecule has 156 valence electrons. The number of benzene rings is 2. The molecular weight excluding hydrogens is 392 g/mol. The molecular formula is C24H22N4O3. The van der Waals surface area contributed by atoms with E-state index in [9.17, 15) is 10.1 Å². The molecule has 1 fully saturated rings. The highest BCUT2D eigenvalue weighted by Gasteiger charge is 2.32. The van der Waals surface area contributed by atoms with Gasteiger partial charge in [-0.3, -0.25) is 19.8 Å². The Balaban J connectivity index is 1.42. The van der Waals surface area contributed by atoms with E-state index < -0.39 is 0 Å². The van der Waals surface area contributed by atoms with E-state index in [1.54, 1.807) is 12.1 Å². The molecule has 0 spiro atoms. The SMILES string of the molecule is Cc1nc(Cn2nc(C3CC3)c3c([N+](=O)[O-])cccc32)ccc1OCc1ccccc1. The third-order valence-electron chi connectivity index (χ3n) is 5.59. The Kier molecular flexibility index (Phi) is 4.86. The number of aryl methyl sites for hydroxylation is 1. The zero-order valence-corrected chi connectivity index (χ0v) is 17.2. The van der Waals surface area contributed by atoms with Crippen LogP contribution in [0, 0.1) is 17.0 Å². The molecule has 7 nitrogen and oxygen atoms in total. The third-order valence-corrected chi connectivity index (χ3v) is 5.59. The first-order chi connectivity index (χ1) is 15.1. The first-order valence-corrected chi connectivity index (χ1v) is 10.4. The van der Waals surface area contributed by atoms with Crippen molar-refractivity contribution in [2.24, 2.45) is 0 Å². The lowest BCUT2D eigenvalue weighted by atomic mass is 10.1. The van der Waals surface area contributed by atoms with Crippen LogP contribution in [0.2, 0.25) is 0 Å². The second-order valence-corrected chi connectivity index (χ2v) is 7.91. The minimum atomic E-state index is -0.318. The maximum atomic E-state index is 11.6. The summed E-state index contributed by atoms with van der Waals surface area (Å²) in [6, 6.07) is 19.0. The van der Waals surface area contributed by atoms with Crippen LogP contribution < -0.4 is 4.74 Å². The van der Waals surface area contributed by atoms with Gasteiger partial charge in [0.15, 0.2) is 0 Å². The molecule has 0 radical (unpaired) electrons. The molecule has 0 atom stereocenters. The first kappa shape index (κ1) is 19.2. The Hall–Kier alpha value is -3.74. The van der Waals surface area contributed by atoms with Crippen LogP contribution in [0.1, 0.15) is 41.4 Å². The molecule has 7 heteroatoms. The Morgan fingerprint density at radius 1 is 1.10 bits per heavy atom. The highest BCUT2D eigenvalue weighted by molar-refractivity contribution is 5.91. The number of hydrogen-bond acceptors (Lipinski definition) is 5. The minimum Gasteiger partial charge on any atom is -0.487 e. The van der Waals surface area contributed by atoms with Crippen molar-refractivity contribution in [1.29, 1.82) is 0 Å². The van der Waals surface area contributed by atoms with Gasteiger partial charge in [0, 0.05) is 12.0 Å². The lowest BCUT2D eigenvalue weighted by Gasteiger charge is -2.10. The van der Waals surface area contributed by atoms with Crippen LogP contribution >= 0.6 is 0 Å². The van der Waals surface area contributed by atoms with E-state index in [4.69, 9.17) is 14.8 Å². The summed E-state index contributed by atoms with van der Waals surface area (Å²) in [7, 11) is 0. The van der Waals surface area contributed by atoms with Crippen molar-refractivity contribution in [2.45, 2.75) is 38.8 Å². The number of non-ortho nitro benzene ring substituents is 1. The molecule has 0 N–H and O–H groups in total. The van der Waals surface area contributed by atoms with Crippen LogP contribution in [-0.2, 0) is 13.2 Å². The molecule has 1 aliphatic carbocycles. The van der Waals surface area contributed by atoms with Crippen molar-refractivity contribution in [3.05, 3.63) is 93.4 Å². The van der Waals surface area contributed by atoms with E-state index in [0.29, 0.717) is 24.5 Å². The van der Waals surface area contributed by atoms with E-state index in [1.165, 1.54) is 0 Å². The quantitative estimate of drug-likeness (QED) is 0.308. The van der Waals surface area contributed by atoms with Gasteiger partial charge in [-0.25, -0.2) is 0 Å². The molecule has 1 aliphatic rings. The monoisotopic (exact) mass is 414 g/mol. The van der Waals surface area contributed by atoms with Crippen molar-refractivity contribution < 1.29 is 9.66 Å². The van der Waals surface area contributed by atoms with Gasteiger partial charge in [0.2, 0.25) is 0 Å². The molecule has 0 bridgehead atoms. The summed E-state index contributed by atoms with van der Waals surface area (Å²) in [6.45, 7) is 2.86. The molecule has 0 saturated heterocycles. The van der Waals surface area contributed by atoms with E-state index in [0.717, 1.165) is 46.8 Å². The lowest BCUT2D eigenvalue weighted by Crippen LogP contribution is -2.06. The molecule has 2 aromatic carbocycles. The van der Waals surface area contributed by atoms with Crippen LogP contribution in [0.5, 0.6) is 5.75 Å². The van der Waals surface area contributed by atoms with Crippen LogP contribution in [-0.4, -0.2) is 19.7 Å². The predicted octanol–water partition coefficient (Wildman–Crippen LogP) is 5.15. The zero-order chi connectivity index (χ0) is 21.4. The van der Waals surface area contributed by atoms with Gasteiger partial charge in [-0.05, 0) is 43.5 Å². The largest absolute Gasteiger partial charge is 0.487 e. The zero-order valence-electron chi connectivity index (χ0n) is 17.2. The minimum absolute atomic E-state index is 0.124. The highest BCUT2D eigenvalue weighted by atomic mass is 16.6. The summed E-state index contributed by atoms with van der Waals surface area (Å²) >= 11 is 0. The van der Waals surface area contributed by atoms with Crippen molar-refractivity contribution in [3.63, 3.8) is 0 Å². The Bertz CT molecular complexity index is 1260. The van der Waals surface area contributed by atoms with Gasteiger partial charge in [-0.1, -0.05) is 36.4 Å². The fraction of sp³-hybridized carbons (Fsp3) is 0.250. The third kappa shape index (κ3) is 3.86. The normalized spacial score (nSPS) is 13.5. The van der Waals surface area contributed by atoms with E-state index in [2.05, 4.69) is 0 Å². The van der Waals surface area contributed by atoms with Gasteiger partial charge in [0.25, 0.3) is 5.69 Å². The molecule has 0 unspecified atom stereocenters. The fourth-order valence-corrected chi connectivity index (χ4v) is 3.88. The molecule has 4 aromatic rings. The molecule has 2 aromatic heterocycles. The number of hydrogen-bond donors (Lipinski definition) is 0. The number of nitrogens with zero attached hydrogens (tertiary/aromatic N) is 4. The van der Waals surface area contributed by atoms with Crippen LogP contribution in [0.4, 0.5) is 5.69 Å². The summed E-state index contributed by atoms with van der Waals surface area (Å²) < 4.78 is 7.76. The summed E-state index contributed by atoms with van der Waals surface area (Å²) in [6.07, 6.45) is 2.06. The first-order valence-electron chi connectivity index (χ1n) is 10.4. The average molecular weight is 414 g/mol. The fourth-order valence-electron chi connectivity index (χ4n) is 3.88. The van der Waals surface area contributed by atoms with Gasteiger partial charge in [0.05, 0.1) is 34.1 Å². The lowest BCUT2D eigenvalue weighted by molar-refractivity contribution is -0.383. The summed E-state index contributed by atoms with van der Waals surface area (Å²) in [5.41, 5.74) is 4.48. The highest BCUT2D eigenvalue weighted by Crippen LogP contribution is 2.44. The topological polar surface area (TPSA) is 83.1 Å². The average Bonchev–Trinajstić information content (AvgIpc) is 3.56. The molecule has 0 aliphatic heterocycles. The number of nitro groups is 1. The van der Waals surface area contributed by atoms with Crippen molar-refractivity contribution in [1.82, 2.24) is 14.8 Å².